The van der Waals surface area contributed by atoms with E-state index in [9.17, 15) is 35.9 Å². The summed E-state index contributed by atoms with van der Waals surface area (Å²) < 4.78 is 73.8. The summed E-state index contributed by atoms with van der Waals surface area (Å²) in [6.07, 6.45) is -8.98. The molecule has 9 nitrogen and oxygen atoms in total. The van der Waals surface area contributed by atoms with Crippen molar-refractivity contribution in [2.24, 2.45) is 0 Å². The molecular weight excluding hydrogens is 830 g/mol. The first-order valence-electron chi connectivity index (χ1n) is 16.5. The highest BCUT2D eigenvalue weighted by atomic mass is 35.5. The summed E-state index contributed by atoms with van der Waals surface area (Å²) in [6, 6.07) is 5.44. The lowest BCUT2D eigenvalue weighted by Crippen LogP contribution is -2.48. The molecule has 2 amide bonds. The Balaban J connectivity index is 0. The zero-order valence-corrected chi connectivity index (χ0v) is 34.5. The Hall–Kier alpha value is -2.01. The summed E-state index contributed by atoms with van der Waals surface area (Å²) in [6.45, 7) is 21.2. The number of halogens is 11. The molecule has 4 heterocycles. The van der Waals surface area contributed by atoms with Gasteiger partial charge in [0.25, 0.3) is 0 Å². The van der Waals surface area contributed by atoms with Crippen molar-refractivity contribution >= 4 is 75.6 Å². The molecule has 312 valence electrons. The van der Waals surface area contributed by atoms with Crippen LogP contribution in [0.3, 0.4) is 0 Å². The maximum atomic E-state index is 12.6. The molecule has 0 aliphatic carbocycles. The summed E-state index contributed by atoms with van der Waals surface area (Å²) >= 11 is 25.6. The third-order valence-electron chi connectivity index (χ3n) is 7.56. The summed E-state index contributed by atoms with van der Waals surface area (Å²) in [4.78, 5) is 36.8. The van der Waals surface area contributed by atoms with Crippen molar-refractivity contribution in [3.8, 4) is 0 Å². The molecule has 0 aromatic carbocycles. The molecule has 20 heteroatoms. The van der Waals surface area contributed by atoms with Gasteiger partial charge in [-0.15, -0.1) is 23.2 Å². The standard InChI is InChI=1S/C12H13ClF3N3O.C8H19N.C6H2Cl2F3N.C6H12N2O.CH2Cl2.CH4/c1-8(20)18-4-6-19(7-5-18)10-3-2-9(11(13)17-10)12(14,15)16;1-6-9(7(2)3)8(4)5;7-4-2-1-3(5(8)12-4)6(9,10)11;1-6(9)8-4-2-7-3-5-8;2-1-3;/h2-3H,4-7H2,1H3;7-8H,6H2,1-5H3;1-2H;7H,2-5H2,1H3;1H2;1H4. The predicted molar refractivity (Wildman–Crippen MR) is 209 cm³/mol. The molecule has 0 unspecified atom stereocenters. The van der Waals surface area contributed by atoms with Crippen LogP contribution in [0.2, 0.25) is 15.5 Å². The second kappa shape index (κ2) is 26.8. The summed E-state index contributed by atoms with van der Waals surface area (Å²) in [5, 5.41) is 2.13. The Bertz CT molecular complexity index is 1370. The average Bonchev–Trinajstić information content (AvgIpc) is 3.05. The van der Waals surface area contributed by atoms with E-state index < -0.39 is 33.8 Å². The van der Waals surface area contributed by atoms with E-state index in [0.717, 1.165) is 50.9 Å². The number of alkyl halides is 8. The number of anilines is 1. The third kappa shape index (κ3) is 20.8. The van der Waals surface area contributed by atoms with Crippen molar-refractivity contribution < 1.29 is 35.9 Å². The molecule has 54 heavy (non-hydrogen) atoms. The van der Waals surface area contributed by atoms with Gasteiger partial charge < -0.3 is 20.0 Å². The van der Waals surface area contributed by atoms with Gasteiger partial charge >= 0.3 is 12.4 Å². The van der Waals surface area contributed by atoms with Gasteiger partial charge in [-0.2, -0.15) is 26.3 Å². The smallest absolute Gasteiger partial charge is 0.353 e. The molecule has 0 spiro atoms. The molecule has 0 atom stereocenters. The summed E-state index contributed by atoms with van der Waals surface area (Å²) in [5.41, 5.74) is -1.92. The monoisotopic (exact) mass is 879 g/mol. The van der Waals surface area contributed by atoms with Crippen LogP contribution in [-0.2, 0) is 21.9 Å². The van der Waals surface area contributed by atoms with Crippen LogP contribution < -0.4 is 10.2 Å². The molecule has 2 aliphatic rings. The number of carbonyl (C=O) groups excluding carboxylic acids is 2. The zero-order chi connectivity index (χ0) is 41.1. The number of aromatic nitrogens is 2. The van der Waals surface area contributed by atoms with Crippen LogP contribution in [0.1, 0.15) is 67.0 Å². The van der Waals surface area contributed by atoms with Crippen molar-refractivity contribution in [1.82, 2.24) is 30.0 Å². The lowest BCUT2D eigenvalue weighted by molar-refractivity contribution is -0.138. The van der Waals surface area contributed by atoms with Crippen molar-refractivity contribution in [2.75, 3.05) is 69.1 Å². The van der Waals surface area contributed by atoms with Crippen molar-refractivity contribution in [1.29, 1.82) is 0 Å². The molecule has 0 radical (unpaired) electrons. The number of amides is 2. The number of nitrogens with zero attached hydrogens (tertiary/aromatic N) is 6. The van der Waals surface area contributed by atoms with E-state index in [1.807, 2.05) is 9.80 Å². The van der Waals surface area contributed by atoms with Gasteiger partial charge in [0, 0.05) is 78.3 Å². The number of rotatable bonds is 4. The second-order valence-corrected chi connectivity index (χ2v) is 13.8. The van der Waals surface area contributed by atoms with Gasteiger partial charge in [-0.25, -0.2) is 9.97 Å². The predicted octanol–water partition coefficient (Wildman–Crippen LogP) is 9.45. The van der Waals surface area contributed by atoms with E-state index in [-0.39, 0.29) is 29.7 Å². The number of nitrogens with one attached hydrogen (secondary N) is 1. The highest BCUT2D eigenvalue weighted by Gasteiger charge is 2.35. The quantitative estimate of drug-likeness (QED) is 0.186. The summed E-state index contributed by atoms with van der Waals surface area (Å²) in [7, 11) is 0. The maximum Gasteiger partial charge on any atom is 0.419 e. The fourth-order valence-corrected chi connectivity index (χ4v) is 5.70. The van der Waals surface area contributed by atoms with E-state index in [4.69, 9.17) is 58.0 Å². The fourth-order valence-electron chi connectivity index (χ4n) is 4.99. The Labute approximate surface area is 340 Å². The minimum atomic E-state index is -4.50. The van der Waals surface area contributed by atoms with Crippen molar-refractivity contribution in [2.45, 2.75) is 80.3 Å². The first kappa shape index (κ1) is 54.1. The van der Waals surface area contributed by atoms with E-state index in [1.54, 1.807) is 11.8 Å². The molecule has 0 saturated carbocycles. The minimum Gasteiger partial charge on any atom is -0.353 e. The topological polar surface area (TPSA) is 84.9 Å². The Morgan fingerprint density at radius 2 is 1.13 bits per heavy atom. The number of hydrogen-bond donors (Lipinski definition) is 1. The lowest BCUT2D eigenvalue weighted by Gasteiger charge is -2.35. The molecule has 2 aliphatic heterocycles. The Kier molecular flexibility index (Phi) is 26.8. The van der Waals surface area contributed by atoms with Crippen LogP contribution in [0.4, 0.5) is 32.2 Å². The zero-order valence-electron chi connectivity index (χ0n) is 30.7. The Morgan fingerprint density at radius 1 is 0.741 bits per heavy atom. The second-order valence-electron chi connectivity index (χ2n) is 11.8. The van der Waals surface area contributed by atoms with Gasteiger partial charge in [-0.05, 0) is 58.5 Å². The van der Waals surface area contributed by atoms with Crippen LogP contribution in [0.15, 0.2) is 24.3 Å². The first-order chi connectivity index (χ1) is 24.5. The van der Waals surface area contributed by atoms with Crippen LogP contribution in [0, 0.1) is 0 Å². The number of carbonyl (C=O) groups is 2. The van der Waals surface area contributed by atoms with Crippen molar-refractivity contribution in [3.05, 3.63) is 50.9 Å². The van der Waals surface area contributed by atoms with E-state index in [1.165, 1.54) is 13.0 Å². The third-order valence-corrected chi connectivity index (χ3v) is 8.35. The normalized spacial score (nSPS) is 14.4. The van der Waals surface area contributed by atoms with Gasteiger partial charge in [0.1, 0.15) is 21.3 Å². The highest BCUT2D eigenvalue weighted by Crippen LogP contribution is 2.35. The minimum absolute atomic E-state index is 0. The van der Waals surface area contributed by atoms with E-state index >= 15 is 0 Å². The molecule has 2 saturated heterocycles. The molecule has 2 aromatic heterocycles. The van der Waals surface area contributed by atoms with Crippen molar-refractivity contribution in [3.63, 3.8) is 0 Å². The molecule has 2 fully saturated rings. The van der Waals surface area contributed by atoms with E-state index in [0.29, 0.717) is 44.1 Å². The Morgan fingerprint density at radius 3 is 1.43 bits per heavy atom. The SMILES string of the molecule is C.CC(=O)N1CCN(c2ccc(C(F)(F)F)c(Cl)n2)CC1.CC(=O)N1CCNCC1.CCN(C(C)C)C(C)C.ClCCl.FC(F)(F)c1ccc(Cl)nc1Cl. The van der Waals surface area contributed by atoms with Crippen LogP contribution in [0.25, 0.3) is 0 Å². The number of hydrogen-bond acceptors (Lipinski definition) is 7. The van der Waals surface area contributed by atoms with Gasteiger partial charge in [-0.3, -0.25) is 14.5 Å². The average molecular weight is 882 g/mol. The number of pyridine rings is 2. The molecule has 4 rings (SSSR count). The van der Waals surface area contributed by atoms with Gasteiger partial charge in [0.15, 0.2) is 0 Å². The fraction of sp³-hybridized carbons (Fsp3) is 0.647. The summed E-state index contributed by atoms with van der Waals surface area (Å²) in [5.74, 6) is 0.575. The lowest BCUT2D eigenvalue weighted by atomic mass is 10.2. The van der Waals surface area contributed by atoms with Gasteiger partial charge in [0.05, 0.1) is 16.5 Å². The molecular formula is C34H52Cl5F6N7O2. The van der Waals surface area contributed by atoms with Gasteiger partial charge in [-0.1, -0.05) is 49.2 Å². The van der Waals surface area contributed by atoms with Crippen LogP contribution >= 0.6 is 58.0 Å². The largest absolute Gasteiger partial charge is 0.419 e. The van der Waals surface area contributed by atoms with Crippen LogP contribution in [0.5, 0.6) is 0 Å². The van der Waals surface area contributed by atoms with Crippen LogP contribution in [-0.4, -0.2) is 113 Å². The molecule has 0 bridgehead atoms. The van der Waals surface area contributed by atoms with Gasteiger partial charge in [0.2, 0.25) is 11.8 Å². The maximum absolute atomic E-state index is 12.6. The molecule has 2 aromatic rings. The highest BCUT2D eigenvalue weighted by molar-refractivity contribution is 6.40. The molecule has 1 N–H and O–H groups in total. The van der Waals surface area contributed by atoms with E-state index in [2.05, 4.69) is 54.8 Å². The first-order valence-corrected chi connectivity index (χ1v) is 18.7. The number of piperazine rings is 2.